The van der Waals surface area contributed by atoms with Crippen molar-refractivity contribution in [2.24, 2.45) is 4.99 Å². The number of ether oxygens (including phenoxy) is 1. The van der Waals surface area contributed by atoms with E-state index in [2.05, 4.69) is 20.4 Å². The Hall–Kier alpha value is -4.06. The third-order valence-corrected chi connectivity index (χ3v) is 5.13. The van der Waals surface area contributed by atoms with Gasteiger partial charge in [-0.3, -0.25) is 4.79 Å². The Morgan fingerprint density at radius 2 is 2.10 bits per heavy atom. The van der Waals surface area contributed by atoms with Crippen LogP contribution >= 0.6 is 0 Å². The molecule has 0 bridgehead atoms. The Kier molecular flexibility index (Phi) is 4.12. The first kappa shape index (κ1) is 18.9. The topological polar surface area (TPSA) is 105 Å². The lowest BCUT2D eigenvalue weighted by Gasteiger charge is -2.11. The summed E-state index contributed by atoms with van der Waals surface area (Å²) in [5.41, 5.74) is 1.97. The number of aromatic nitrogens is 3. The van der Waals surface area contributed by atoms with Gasteiger partial charge in [0.05, 0.1) is 51.9 Å². The number of fused-ring (bicyclic) bond motifs is 1. The van der Waals surface area contributed by atoms with Gasteiger partial charge in [0.2, 0.25) is 5.90 Å². The van der Waals surface area contributed by atoms with Gasteiger partial charge in [0, 0.05) is 6.20 Å². The van der Waals surface area contributed by atoms with Crippen LogP contribution in [0.2, 0.25) is 0 Å². The average Bonchev–Trinajstić information content (AvgIpc) is 3.46. The standard InChI is InChI=1S/C22H17FN6O2/c1-22(2)11-31-21(27-22)14-6-7-29(28-14)17-8-15(26-16-10-25-20(30)19(16)17)18-12(9-24)4-3-5-13(18)23/h3-8H,10-11H2,1-2H3,(H,25,30). The number of benzene rings is 1. The lowest BCUT2D eigenvalue weighted by Crippen LogP contribution is -2.17. The van der Waals surface area contributed by atoms with Crippen LogP contribution in [0, 0.1) is 17.1 Å². The Balaban J connectivity index is 1.67. The van der Waals surface area contributed by atoms with Crippen LogP contribution in [0.4, 0.5) is 4.39 Å². The molecule has 0 radical (unpaired) electrons. The number of aliphatic imine (C=N–C) groups is 1. The third kappa shape index (κ3) is 3.13. The minimum Gasteiger partial charge on any atom is -0.474 e. The molecule has 0 saturated heterocycles. The molecule has 154 valence electrons. The maximum Gasteiger partial charge on any atom is 0.255 e. The van der Waals surface area contributed by atoms with Gasteiger partial charge in [-0.25, -0.2) is 19.0 Å². The zero-order valence-corrected chi connectivity index (χ0v) is 16.8. The van der Waals surface area contributed by atoms with Crippen molar-refractivity contribution in [3.63, 3.8) is 0 Å². The number of pyridine rings is 1. The number of carbonyl (C=O) groups excluding carboxylic acids is 1. The van der Waals surface area contributed by atoms with E-state index in [0.29, 0.717) is 35.1 Å². The van der Waals surface area contributed by atoms with Crippen LogP contribution in [-0.2, 0) is 11.3 Å². The van der Waals surface area contributed by atoms with Crippen molar-refractivity contribution in [1.82, 2.24) is 20.1 Å². The number of hydrogen-bond acceptors (Lipinski definition) is 6. The van der Waals surface area contributed by atoms with E-state index in [-0.39, 0.29) is 34.8 Å². The normalized spacial score (nSPS) is 16.3. The largest absolute Gasteiger partial charge is 0.474 e. The van der Waals surface area contributed by atoms with Crippen LogP contribution in [0.1, 0.15) is 41.2 Å². The minimum absolute atomic E-state index is 0.0889. The van der Waals surface area contributed by atoms with Gasteiger partial charge in [0.25, 0.3) is 5.91 Å². The molecule has 8 nitrogen and oxygen atoms in total. The first-order chi connectivity index (χ1) is 14.9. The van der Waals surface area contributed by atoms with Crippen molar-refractivity contribution < 1.29 is 13.9 Å². The molecule has 0 unspecified atom stereocenters. The highest BCUT2D eigenvalue weighted by Crippen LogP contribution is 2.31. The molecule has 0 aliphatic carbocycles. The molecule has 9 heteroatoms. The molecule has 5 rings (SSSR count). The Labute approximate surface area is 177 Å². The summed E-state index contributed by atoms with van der Waals surface area (Å²) >= 11 is 0. The van der Waals surface area contributed by atoms with Crippen LogP contribution in [0.25, 0.3) is 16.9 Å². The molecule has 0 spiro atoms. The lowest BCUT2D eigenvalue weighted by molar-refractivity contribution is 0.0965. The third-order valence-electron chi connectivity index (χ3n) is 5.13. The molecule has 1 aromatic carbocycles. The second kappa shape index (κ2) is 6.74. The predicted octanol–water partition coefficient (Wildman–Crippen LogP) is 2.74. The summed E-state index contributed by atoms with van der Waals surface area (Å²) in [4.78, 5) is 21.5. The molecule has 1 N–H and O–H groups in total. The van der Waals surface area contributed by atoms with Crippen molar-refractivity contribution in [2.45, 2.75) is 25.9 Å². The van der Waals surface area contributed by atoms with Crippen molar-refractivity contribution in [3.8, 4) is 23.0 Å². The quantitative estimate of drug-likeness (QED) is 0.707. The summed E-state index contributed by atoms with van der Waals surface area (Å²) in [6.07, 6.45) is 1.68. The molecule has 2 aromatic heterocycles. The van der Waals surface area contributed by atoms with E-state index in [0.717, 1.165) is 0 Å². The van der Waals surface area contributed by atoms with Gasteiger partial charge in [-0.15, -0.1) is 0 Å². The molecule has 4 heterocycles. The van der Waals surface area contributed by atoms with Gasteiger partial charge in [-0.05, 0) is 38.1 Å². The van der Waals surface area contributed by atoms with Gasteiger partial charge in [-0.2, -0.15) is 10.4 Å². The number of amides is 1. The van der Waals surface area contributed by atoms with E-state index < -0.39 is 5.82 Å². The zero-order valence-electron chi connectivity index (χ0n) is 16.8. The predicted molar refractivity (Wildman–Crippen MR) is 109 cm³/mol. The zero-order chi connectivity index (χ0) is 21.8. The summed E-state index contributed by atoms with van der Waals surface area (Å²) in [6.45, 7) is 4.59. The molecule has 3 aromatic rings. The summed E-state index contributed by atoms with van der Waals surface area (Å²) in [6, 6.07) is 9.59. The fourth-order valence-electron chi connectivity index (χ4n) is 3.68. The number of nitrogens with zero attached hydrogens (tertiary/aromatic N) is 5. The second-order valence-corrected chi connectivity index (χ2v) is 7.97. The molecule has 2 aliphatic heterocycles. The molecular weight excluding hydrogens is 399 g/mol. The van der Waals surface area contributed by atoms with Gasteiger partial charge in [0.1, 0.15) is 18.1 Å². The van der Waals surface area contributed by atoms with Crippen LogP contribution in [0.5, 0.6) is 0 Å². The van der Waals surface area contributed by atoms with Crippen molar-refractivity contribution in [3.05, 3.63) is 64.9 Å². The van der Waals surface area contributed by atoms with E-state index in [1.807, 2.05) is 19.9 Å². The SMILES string of the molecule is CC1(C)COC(c2ccn(-c3cc(-c4c(F)cccc4C#N)nc4c3C(=O)NC4)n2)=N1. The number of halogens is 1. The summed E-state index contributed by atoms with van der Waals surface area (Å²) in [7, 11) is 0. The lowest BCUT2D eigenvalue weighted by atomic mass is 10.0. The molecule has 31 heavy (non-hydrogen) atoms. The van der Waals surface area contributed by atoms with Crippen molar-refractivity contribution in [1.29, 1.82) is 5.26 Å². The number of nitrogens with one attached hydrogen (secondary N) is 1. The highest BCUT2D eigenvalue weighted by molar-refractivity contribution is 6.02. The van der Waals surface area contributed by atoms with Crippen LogP contribution in [-0.4, -0.2) is 38.7 Å². The molecule has 0 atom stereocenters. The van der Waals surface area contributed by atoms with E-state index >= 15 is 0 Å². The highest BCUT2D eigenvalue weighted by atomic mass is 19.1. The summed E-state index contributed by atoms with van der Waals surface area (Å²) < 4.78 is 21.8. The monoisotopic (exact) mass is 416 g/mol. The molecular formula is C22H17FN6O2. The van der Waals surface area contributed by atoms with Crippen molar-refractivity contribution in [2.75, 3.05) is 6.61 Å². The van der Waals surface area contributed by atoms with Gasteiger partial charge in [-0.1, -0.05) is 6.07 Å². The first-order valence-electron chi connectivity index (χ1n) is 9.66. The highest BCUT2D eigenvalue weighted by Gasteiger charge is 2.30. The van der Waals surface area contributed by atoms with Crippen LogP contribution in [0.15, 0.2) is 41.5 Å². The van der Waals surface area contributed by atoms with Crippen LogP contribution < -0.4 is 5.32 Å². The maximum absolute atomic E-state index is 14.6. The number of carbonyl (C=O) groups is 1. The Morgan fingerprint density at radius 3 is 2.84 bits per heavy atom. The number of rotatable bonds is 3. The maximum atomic E-state index is 14.6. The van der Waals surface area contributed by atoms with E-state index in [1.165, 1.54) is 22.9 Å². The van der Waals surface area contributed by atoms with Crippen molar-refractivity contribution >= 4 is 11.8 Å². The van der Waals surface area contributed by atoms with Crippen LogP contribution in [0.3, 0.4) is 0 Å². The molecule has 0 saturated carbocycles. The van der Waals surface area contributed by atoms with E-state index in [1.54, 1.807) is 18.3 Å². The smallest absolute Gasteiger partial charge is 0.255 e. The minimum atomic E-state index is -0.563. The molecule has 0 fully saturated rings. The molecule has 2 aliphatic rings. The van der Waals surface area contributed by atoms with Gasteiger partial charge < -0.3 is 10.1 Å². The second-order valence-electron chi connectivity index (χ2n) is 7.97. The van der Waals surface area contributed by atoms with E-state index in [4.69, 9.17) is 4.74 Å². The van der Waals surface area contributed by atoms with Gasteiger partial charge in [0.15, 0.2) is 0 Å². The fourth-order valence-corrected chi connectivity index (χ4v) is 3.68. The fraction of sp³-hybridized carbons (Fsp3) is 0.227. The summed E-state index contributed by atoms with van der Waals surface area (Å²) in [5, 5.41) is 16.7. The molecule has 1 amide bonds. The average molecular weight is 416 g/mol. The first-order valence-corrected chi connectivity index (χ1v) is 9.66. The van der Waals surface area contributed by atoms with Gasteiger partial charge >= 0.3 is 0 Å². The van der Waals surface area contributed by atoms with E-state index in [9.17, 15) is 14.4 Å². The Morgan fingerprint density at radius 1 is 1.26 bits per heavy atom. The number of hydrogen-bond donors (Lipinski definition) is 1. The number of nitriles is 1. The summed E-state index contributed by atoms with van der Waals surface area (Å²) in [5.74, 6) is -0.419. The Bertz CT molecular complexity index is 1320.